The van der Waals surface area contributed by atoms with Gasteiger partial charge in [0.2, 0.25) is 17.7 Å². The van der Waals surface area contributed by atoms with Gasteiger partial charge in [0.05, 0.1) is 6.04 Å². The smallest absolute Gasteiger partial charge is 0.326 e. The number of nitrogens with two attached hydrogens (primary N) is 3. The Bertz CT molecular complexity index is 457. The molecule has 0 spiro atoms. The van der Waals surface area contributed by atoms with Crippen molar-refractivity contribution in [1.82, 2.24) is 10.6 Å². The number of primary amides is 1. The highest BCUT2D eigenvalue weighted by molar-refractivity contribution is 5.91. The van der Waals surface area contributed by atoms with Gasteiger partial charge in [0.15, 0.2) is 0 Å². The Labute approximate surface area is 140 Å². The van der Waals surface area contributed by atoms with Gasteiger partial charge in [0.25, 0.3) is 0 Å². The van der Waals surface area contributed by atoms with Gasteiger partial charge in [-0.25, -0.2) is 4.79 Å². The van der Waals surface area contributed by atoms with Crippen LogP contribution >= 0.6 is 0 Å². The summed E-state index contributed by atoms with van der Waals surface area (Å²) in [6.45, 7) is 1.92. The molecule has 0 aliphatic rings. The molecule has 0 aromatic carbocycles. The molecule has 3 amide bonds. The second-order valence-electron chi connectivity index (χ2n) is 5.53. The lowest BCUT2D eigenvalue weighted by atomic mass is 10.1. The van der Waals surface area contributed by atoms with E-state index in [0.717, 1.165) is 6.42 Å². The van der Waals surface area contributed by atoms with Crippen LogP contribution < -0.4 is 27.8 Å². The van der Waals surface area contributed by atoms with Gasteiger partial charge in [0.1, 0.15) is 12.1 Å². The lowest BCUT2D eigenvalue weighted by Gasteiger charge is -2.20. The molecule has 0 saturated heterocycles. The van der Waals surface area contributed by atoms with E-state index >= 15 is 0 Å². The Balaban J connectivity index is 4.44. The molecule has 0 aromatic rings. The number of carboxylic acid groups (broad SMARTS) is 1. The number of hydrogen-bond donors (Lipinski definition) is 6. The first-order chi connectivity index (χ1) is 11.2. The van der Waals surface area contributed by atoms with Crippen molar-refractivity contribution in [3.05, 3.63) is 0 Å². The highest BCUT2D eigenvalue weighted by Gasteiger charge is 2.25. The van der Waals surface area contributed by atoms with E-state index in [9.17, 15) is 19.2 Å². The third-order valence-electron chi connectivity index (χ3n) is 3.35. The zero-order chi connectivity index (χ0) is 18.7. The van der Waals surface area contributed by atoms with Gasteiger partial charge >= 0.3 is 5.97 Å². The SMILES string of the molecule is CC(NC(=O)C(N)CCCCN)C(=O)NC(CCC(N)=O)C(=O)O. The maximum Gasteiger partial charge on any atom is 0.326 e. The number of nitrogens with one attached hydrogen (secondary N) is 2. The second-order valence-corrected chi connectivity index (χ2v) is 5.53. The number of carbonyl (C=O) groups excluding carboxylic acids is 3. The summed E-state index contributed by atoms with van der Waals surface area (Å²) in [5.74, 6) is -3.14. The molecule has 0 bridgehead atoms. The van der Waals surface area contributed by atoms with Crippen LogP contribution in [0.1, 0.15) is 39.0 Å². The molecule has 0 fully saturated rings. The van der Waals surface area contributed by atoms with Crippen molar-refractivity contribution in [2.45, 2.75) is 57.2 Å². The molecule has 0 rings (SSSR count). The minimum Gasteiger partial charge on any atom is -0.480 e. The van der Waals surface area contributed by atoms with Gasteiger partial charge in [-0.05, 0) is 32.7 Å². The summed E-state index contributed by atoms with van der Waals surface area (Å²) in [6, 6.07) is -2.99. The summed E-state index contributed by atoms with van der Waals surface area (Å²) >= 11 is 0. The van der Waals surface area contributed by atoms with E-state index in [1.165, 1.54) is 6.92 Å². The molecule has 10 heteroatoms. The number of rotatable bonds is 12. The Morgan fingerprint density at radius 3 is 2.17 bits per heavy atom. The number of amides is 3. The van der Waals surface area contributed by atoms with Crippen molar-refractivity contribution in [3.63, 3.8) is 0 Å². The molecule has 0 aliphatic carbocycles. The Kier molecular flexibility index (Phi) is 10.3. The van der Waals surface area contributed by atoms with Gasteiger partial charge in [-0.2, -0.15) is 0 Å². The van der Waals surface area contributed by atoms with Crippen LogP contribution in [0.4, 0.5) is 0 Å². The van der Waals surface area contributed by atoms with E-state index < -0.39 is 41.8 Å². The highest BCUT2D eigenvalue weighted by Crippen LogP contribution is 2.00. The van der Waals surface area contributed by atoms with Crippen molar-refractivity contribution >= 4 is 23.7 Å². The fourth-order valence-corrected chi connectivity index (χ4v) is 1.87. The van der Waals surface area contributed by atoms with E-state index in [1.807, 2.05) is 0 Å². The van der Waals surface area contributed by atoms with Crippen molar-refractivity contribution < 1.29 is 24.3 Å². The molecule has 3 unspecified atom stereocenters. The molecule has 10 nitrogen and oxygen atoms in total. The Hall–Kier alpha value is -2.20. The van der Waals surface area contributed by atoms with Crippen molar-refractivity contribution in [2.24, 2.45) is 17.2 Å². The maximum atomic E-state index is 12.0. The minimum atomic E-state index is -1.29. The van der Waals surface area contributed by atoms with Crippen LogP contribution in [0, 0.1) is 0 Å². The number of hydrogen-bond acceptors (Lipinski definition) is 6. The van der Waals surface area contributed by atoms with E-state index in [1.54, 1.807) is 0 Å². The van der Waals surface area contributed by atoms with Gasteiger partial charge in [-0.15, -0.1) is 0 Å². The summed E-state index contributed by atoms with van der Waals surface area (Å²) in [5, 5.41) is 13.7. The number of carbonyl (C=O) groups is 4. The van der Waals surface area contributed by atoms with E-state index in [2.05, 4.69) is 10.6 Å². The second kappa shape index (κ2) is 11.4. The van der Waals surface area contributed by atoms with Gasteiger partial charge in [0, 0.05) is 6.42 Å². The fraction of sp³-hybridized carbons (Fsp3) is 0.714. The largest absolute Gasteiger partial charge is 0.480 e. The average Bonchev–Trinajstić information content (AvgIpc) is 2.50. The highest BCUT2D eigenvalue weighted by atomic mass is 16.4. The molecule has 0 aliphatic heterocycles. The van der Waals surface area contributed by atoms with Crippen LogP contribution in [-0.2, 0) is 19.2 Å². The van der Waals surface area contributed by atoms with Crippen molar-refractivity contribution in [3.8, 4) is 0 Å². The summed E-state index contributed by atoms with van der Waals surface area (Å²) in [5.41, 5.74) is 16.0. The zero-order valence-electron chi connectivity index (χ0n) is 13.8. The molecule has 24 heavy (non-hydrogen) atoms. The average molecular weight is 345 g/mol. The van der Waals surface area contributed by atoms with E-state index in [-0.39, 0.29) is 12.8 Å². The fourth-order valence-electron chi connectivity index (χ4n) is 1.87. The summed E-state index contributed by atoms with van der Waals surface area (Å²) < 4.78 is 0. The van der Waals surface area contributed by atoms with Crippen molar-refractivity contribution in [2.75, 3.05) is 6.54 Å². The summed E-state index contributed by atoms with van der Waals surface area (Å²) in [4.78, 5) is 45.6. The molecule has 0 heterocycles. The first kappa shape index (κ1) is 21.8. The van der Waals surface area contributed by atoms with Crippen LogP contribution in [0.5, 0.6) is 0 Å². The monoisotopic (exact) mass is 345 g/mol. The quantitative estimate of drug-likeness (QED) is 0.216. The Morgan fingerprint density at radius 2 is 1.67 bits per heavy atom. The number of unbranched alkanes of at least 4 members (excludes halogenated alkanes) is 1. The van der Waals surface area contributed by atoms with Crippen LogP contribution in [0.3, 0.4) is 0 Å². The normalized spacial score (nSPS) is 14.3. The van der Waals surface area contributed by atoms with Crippen molar-refractivity contribution in [1.29, 1.82) is 0 Å². The first-order valence-electron chi connectivity index (χ1n) is 7.76. The predicted molar refractivity (Wildman–Crippen MR) is 86.5 cm³/mol. The first-order valence-corrected chi connectivity index (χ1v) is 7.76. The summed E-state index contributed by atoms with van der Waals surface area (Å²) in [7, 11) is 0. The Morgan fingerprint density at radius 1 is 1.04 bits per heavy atom. The van der Waals surface area contributed by atoms with Gasteiger partial charge < -0.3 is 32.9 Å². The molecular weight excluding hydrogens is 318 g/mol. The minimum absolute atomic E-state index is 0.129. The predicted octanol–water partition coefficient (Wildman–Crippen LogP) is -2.22. The molecule has 3 atom stereocenters. The summed E-state index contributed by atoms with van der Waals surface area (Å²) in [6.07, 6.45) is 1.57. The zero-order valence-corrected chi connectivity index (χ0v) is 13.8. The molecule has 9 N–H and O–H groups in total. The molecule has 0 radical (unpaired) electrons. The molecule has 0 saturated carbocycles. The van der Waals surface area contributed by atoms with Crippen LogP contribution in [0.2, 0.25) is 0 Å². The molecule has 138 valence electrons. The molecule has 0 aromatic heterocycles. The number of carboxylic acids is 1. The van der Waals surface area contributed by atoms with Crippen LogP contribution in [-0.4, -0.2) is 53.5 Å². The van der Waals surface area contributed by atoms with Crippen LogP contribution in [0.25, 0.3) is 0 Å². The standard InChI is InChI=1S/C14H27N5O5/c1-8(18-13(22)9(16)4-2-3-7-15)12(21)19-10(14(23)24)5-6-11(17)20/h8-10H,2-7,15-16H2,1H3,(H2,17,20)(H,18,22)(H,19,21)(H,23,24). The van der Waals surface area contributed by atoms with E-state index in [0.29, 0.717) is 19.4 Å². The molecular formula is C14H27N5O5. The van der Waals surface area contributed by atoms with E-state index in [4.69, 9.17) is 22.3 Å². The third kappa shape index (κ3) is 9.06. The van der Waals surface area contributed by atoms with Gasteiger partial charge in [-0.1, -0.05) is 6.42 Å². The maximum absolute atomic E-state index is 12.0. The lowest BCUT2D eigenvalue weighted by molar-refractivity contribution is -0.142. The number of aliphatic carboxylic acids is 1. The third-order valence-corrected chi connectivity index (χ3v) is 3.35. The topological polar surface area (TPSA) is 191 Å². The van der Waals surface area contributed by atoms with Gasteiger partial charge in [-0.3, -0.25) is 14.4 Å². The lowest BCUT2D eigenvalue weighted by Crippen LogP contribution is -2.53. The van der Waals surface area contributed by atoms with Crippen LogP contribution in [0.15, 0.2) is 0 Å².